The third-order valence-electron chi connectivity index (χ3n) is 8.79. The zero-order valence-corrected chi connectivity index (χ0v) is 23.2. The molecule has 0 bridgehead atoms. The van der Waals surface area contributed by atoms with Gasteiger partial charge in [0.05, 0.1) is 10.1 Å². The molecule has 0 spiro atoms. The number of allylic oxidation sites excluding steroid dienone is 2. The summed E-state index contributed by atoms with van der Waals surface area (Å²) in [6, 6.07) is 0.0826. The first kappa shape index (κ1) is 26.1. The molecule has 7 heteroatoms. The Balaban J connectivity index is 1.57. The van der Waals surface area contributed by atoms with Gasteiger partial charge < -0.3 is 4.90 Å². The number of rotatable bonds is 5. The summed E-state index contributed by atoms with van der Waals surface area (Å²) in [6.07, 6.45) is 9.78. The lowest BCUT2D eigenvalue weighted by atomic mass is 9.74. The highest BCUT2D eigenvalue weighted by Gasteiger charge is 2.63. The number of carbonyl (C=O) groups excluding carboxylic acids is 1. The smallest absolute Gasteiger partial charge is 0.228 e. The molecule has 0 aliphatic heterocycles. The molecule has 4 nitrogen and oxygen atoms in total. The second kappa shape index (κ2) is 9.18. The van der Waals surface area contributed by atoms with Crippen LogP contribution in [0.15, 0.2) is 11.0 Å². The molecule has 4 aliphatic carbocycles. The molecule has 3 saturated carbocycles. The number of amides is 1. The second-order valence-electron chi connectivity index (χ2n) is 12.5. The van der Waals surface area contributed by atoms with Gasteiger partial charge in [-0.25, -0.2) is 0 Å². The van der Waals surface area contributed by atoms with Crippen molar-refractivity contribution >= 4 is 39.7 Å². The Kier molecular flexibility index (Phi) is 7.27. The van der Waals surface area contributed by atoms with Crippen molar-refractivity contribution in [1.29, 1.82) is 0 Å². The molecule has 2 N–H and O–H groups in total. The molecule has 0 saturated heterocycles. The zero-order chi connectivity index (χ0) is 24.3. The van der Waals surface area contributed by atoms with E-state index in [1.54, 1.807) is 0 Å². The minimum atomic E-state index is -2.90. The molecule has 0 aromatic rings. The SMILES string of the molecule is CC(C)N(C(=O)C(C)(C)C)C1CCC(C2(S(O)(O)C3=CCC(Cl)CC3)CC3CC3C2)CC1Cl. The van der Waals surface area contributed by atoms with Crippen molar-refractivity contribution in [2.24, 2.45) is 23.2 Å². The Labute approximate surface area is 212 Å². The van der Waals surface area contributed by atoms with E-state index in [0.717, 1.165) is 49.9 Å². The minimum absolute atomic E-state index is 0.00434. The van der Waals surface area contributed by atoms with Gasteiger partial charge in [0.25, 0.3) is 0 Å². The molecule has 6 unspecified atom stereocenters. The molecular weight excluding hydrogens is 477 g/mol. The molecule has 0 radical (unpaired) electrons. The van der Waals surface area contributed by atoms with E-state index in [2.05, 4.69) is 13.8 Å². The van der Waals surface area contributed by atoms with Crippen LogP contribution < -0.4 is 0 Å². The van der Waals surface area contributed by atoms with E-state index in [0.29, 0.717) is 18.3 Å². The van der Waals surface area contributed by atoms with Gasteiger partial charge in [0, 0.05) is 27.8 Å². The summed E-state index contributed by atoms with van der Waals surface area (Å²) in [6.45, 7) is 10.1. The van der Waals surface area contributed by atoms with Crippen LogP contribution in [0, 0.1) is 23.2 Å². The van der Waals surface area contributed by atoms with E-state index in [1.165, 1.54) is 6.42 Å². The fourth-order valence-corrected chi connectivity index (χ4v) is 10.4. The van der Waals surface area contributed by atoms with E-state index in [-0.39, 0.29) is 34.7 Å². The first-order chi connectivity index (χ1) is 15.3. The van der Waals surface area contributed by atoms with Crippen molar-refractivity contribution in [3.8, 4) is 0 Å². The molecule has 6 atom stereocenters. The maximum atomic E-state index is 13.3. The van der Waals surface area contributed by atoms with Gasteiger partial charge in [-0.15, -0.1) is 23.2 Å². The van der Waals surface area contributed by atoms with Crippen molar-refractivity contribution in [3.05, 3.63) is 11.0 Å². The number of fused-ring (bicyclic) bond motifs is 1. The number of alkyl halides is 2. The summed E-state index contributed by atoms with van der Waals surface area (Å²) in [5.74, 6) is 1.61. The van der Waals surface area contributed by atoms with Gasteiger partial charge in [-0.3, -0.25) is 13.9 Å². The Bertz CT molecular complexity index is 783. The van der Waals surface area contributed by atoms with Crippen LogP contribution in [0.25, 0.3) is 0 Å². The van der Waals surface area contributed by atoms with Gasteiger partial charge >= 0.3 is 0 Å². The van der Waals surface area contributed by atoms with E-state index in [9.17, 15) is 13.9 Å². The molecule has 0 aromatic heterocycles. The van der Waals surface area contributed by atoms with Gasteiger partial charge in [0.2, 0.25) is 5.91 Å². The van der Waals surface area contributed by atoms with E-state index in [1.807, 2.05) is 31.7 Å². The average molecular weight is 521 g/mol. The van der Waals surface area contributed by atoms with Crippen molar-refractivity contribution < 1.29 is 13.9 Å². The van der Waals surface area contributed by atoms with Crippen LogP contribution in [0.5, 0.6) is 0 Å². The highest BCUT2D eigenvalue weighted by molar-refractivity contribution is 8.28. The number of hydrogen-bond acceptors (Lipinski definition) is 3. The van der Waals surface area contributed by atoms with Crippen LogP contribution in [0.2, 0.25) is 0 Å². The zero-order valence-electron chi connectivity index (χ0n) is 20.9. The van der Waals surface area contributed by atoms with Gasteiger partial charge in [0.1, 0.15) is 0 Å². The highest BCUT2D eigenvalue weighted by atomic mass is 35.5. The third kappa shape index (κ3) is 4.75. The number of halogens is 2. The summed E-state index contributed by atoms with van der Waals surface area (Å²) < 4.78 is 23.2. The quantitative estimate of drug-likeness (QED) is 0.366. The fourth-order valence-electron chi connectivity index (χ4n) is 6.92. The maximum absolute atomic E-state index is 13.3. The van der Waals surface area contributed by atoms with Crippen LogP contribution in [0.3, 0.4) is 0 Å². The van der Waals surface area contributed by atoms with E-state index < -0.39 is 20.8 Å². The topological polar surface area (TPSA) is 60.8 Å². The van der Waals surface area contributed by atoms with Crippen molar-refractivity contribution in [2.75, 3.05) is 0 Å². The normalized spacial score (nSPS) is 39.8. The van der Waals surface area contributed by atoms with Gasteiger partial charge in [-0.1, -0.05) is 26.8 Å². The van der Waals surface area contributed by atoms with Crippen LogP contribution in [-0.4, -0.2) is 47.5 Å². The Hall–Kier alpha value is 0.0600. The predicted molar refractivity (Wildman–Crippen MR) is 140 cm³/mol. The summed E-state index contributed by atoms with van der Waals surface area (Å²) in [4.78, 5) is 16.1. The highest BCUT2D eigenvalue weighted by Crippen LogP contribution is 2.76. The summed E-state index contributed by atoms with van der Waals surface area (Å²) in [5, 5.41) is -0.0732. The lowest BCUT2D eigenvalue weighted by Gasteiger charge is -2.57. The molecule has 4 aliphatic rings. The maximum Gasteiger partial charge on any atom is 0.228 e. The Morgan fingerprint density at radius 2 is 1.76 bits per heavy atom. The van der Waals surface area contributed by atoms with Crippen molar-refractivity contribution in [1.82, 2.24) is 4.90 Å². The summed E-state index contributed by atoms with van der Waals surface area (Å²) in [5.41, 5.74) is -0.449. The lowest BCUT2D eigenvalue weighted by Crippen LogP contribution is -2.56. The molecule has 0 aromatic carbocycles. The number of nitrogens with zero attached hydrogens (tertiary/aromatic N) is 1. The van der Waals surface area contributed by atoms with Gasteiger partial charge in [-0.05, 0) is 89.4 Å². The predicted octanol–water partition coefficient (Wildman–Crippen LogP) is 7.64. The monoisotopic (exact) mass is 519 g/mol. The molecule has 4 rings (SSSR count). The van der Waals surface area contributed by atoms with Crippen LogP contribution >= 0.6 is 33.8 Å². The second-order valence-corrected chi connectivity index (χ2v) is 16.1. The lowest BCUT2D eigenvalue weighted by molar-refractivity contribution is -0.145. The van der Waals surface area contributed by atoms with Crippen LogP contribution in [0.1, 0.15) is 92.4 Å². The number of hydrogen-bond donors (Lipinski definition) is 2. The van der Waals surface area contributed by atoms with E-state index in [4.69, 9.17) is 23.2 Å². The molecule has 33 heavy (non-hydrogen) atoms. The van der Waals surface area contributed by atoms with Gasteiger partial charge in [-0.2, -0.15) is 10.6 Å². The molecule has 1 amide bonds. The van der Waals surface area contributed by atoms with Crippen molar-refractivity contribution in [2.45, 2.75) is 120 Å². The Morgan fingerprint density at radius 3 is 2.24 bits per heavy atom. The summed E-state index contributed by atoms with van der Waals surface area (Å²) in [7, 11) is -2.90. The van der Waals surface area contributed by atoms with Gasteiger partial charge in [0.15, 0.2) is 0 Å². The first-order valence-corrected chi connectivity index (χ1v) is 15.3. The van der Waals surface area contributed by atoms with Crippen LogP contribution in [-0.2, 0) is 4.79 Å². The number of carbonyl (C=O) groups is 1. The van der Waals surface area contributed by atoms with Crippen LogP contribution in [0.4, 0.5) is 0 Å². The molecular formula is C26H43Cl2NO3S. The minimum Gasteiger partial charge on any atom is -0.335 e. The molecule has 190 valence electrons. The molecule has 3 fully saturated rings. The third-order valence-corrected chi connectivity index (χ3v) is 12.6. The largest absolute Gasteiger partial charge is 0.335 e. The summed E-state index contributed by atoms with van der Waals surface area (Å²) >= 11 is 13.4. The van der Waals surface area contributed by atoms with Crippen molar-refractivity contribution in [3.63, 3.8) is 0 Å². The standard InChI is InChI=1S/C26H43Cl2NO3S/c1-16(2)29(24(30)25(3,4)5)23-11-6-19(13-22(23)28)26(14-17-12-18(17)15-26)33(31,32)21-9-7-20(27)8-10-21/h9,16-20,22-23,31-32H,6-8,10-15H2,1-5H3. The fraction of sp³-hybridized carbons (Fsp3) is 0.885. The molecule has 0 heterocycles. The van der Waals surface area contributed by atoms with E-state index >= 15 is 0 Å². The Morgan fingerprint density at radius 1 is 1.12 bits per heavy atom. The first-order valence-electron chi connectivity index (χ1n) is 12.9. The average Bonchev–Trinajstić information content (AvgIpc) is 3.34.